The Morgan fingerprint density at radius 2 is 1.08 bits per heavy atom. The lowest BCUT2D eigenvalue weighted by Gasteiger charge is -2.12. The van der Waals surface area contributed by atoms with E-state index in [-0.39, 0.29) is 0 Å². The molecular formula is C21H28N2O2. The SMILES string of the molecule is c1ccc2c(c1)CNCCCNCc1ccccc1OCCCCO2. The van der Waals surface area contributed by atoms with Crippen LogP contribution >= 0.6 is 0 Å². The van der Waals surface area contributed by atoms with Crippen molar-refractivity contribution >= 4 is 0 Å². The van der Waals surface area contributed by atoms with Gasteiger partial charge in [-0.05, 0) is 44.5 Å². The monoisotopic (exact) mass is 340 g/mol. The first-order valence-electron chi connectivity index (χ1n) is 9.26. The van der Waals surface area contributed by atoms with Crippen molar-refractivity contribution in [2.45, 2.75) is 32.4 Å². The van der Waals surface area contributed by atoms with Gasteiger partial charge in [0.2, 0.25) is 0 Å². The molecule has 2 aromatic carbocycles. The van der Waals surface area contributed by atoms with Gasteiger partial charge < -0.3 is 20.1 Å². The molecule has 0 fully saturated rings. The first-order chi connectivity index (χ1) is 12.4. The summed E-state index contributed by atoms with van der Waals surface area (Å²) in [5, 5.41) is 7.02. The van der Waals surface area contributed by atoms with Crippen LogP contribution in [-0.2, 0) is 13.1 Å². The average Bonchev–Trinajstić information content (AvgIpc) is 2.65. The molecule has 0 amide bonds. The zero-order valence-electron chi connectivity index (χ0n) is 14.8. The first-order valence-corrected chi connectivity index (χ1v) is 9.26. The maximum atomic E-state index is 5.97. The molecule has 1 aliphatic rings. The summed E-state index contributed by atoms with van der Waals surface area (Å²) in [7, 11) is 0. The molecule has 0 atom stereocenters. The molecule has 2 N–H and O–H groups in total. The Balaban J connectivity index is 1.59. The van der Waals surface area contributed by atoms with Gasteiger partial charge in [0.15, 0.2) is 0 Å². The van der Waals surface area contributed by atoms with E-state index in [1.807, 2.05) is 12.1 Å². The summed E-state index contributed by atoms with van der Waals surface area (Å²) in [6.45, 7) is 5.12. The van der Waals surface area contributed by atoms with Crippen LogP contribution in [0.3, 0.4) is 0 Å². The molecule has 0 saturated heterocycles. The predicted molar refractivity (Wildman–Crippen MR) is 101 cm³/mol. The van der Waals surface area contributed by atoms with Crippen molar-refractivity contribution in [1.29, 1.82) is 0 Å². The van der Waals surface area contributed by atoms with E-state index in [9.17, 15) is 0 Å². The lowest BCUT2D eigenvalue weighted by Crippen LogP contribution is -2.22. The van der Waals surface area contributed by atoms with Crippen molar-refractivity contribution in [3.8, 4) is 11.5 Å². The third-order valence-electron chi connectivity index (χ3n) is 4.34. The molecule has 0 spiro atoms. The van der Waals surface area contributed by atoms with E-state index in [1.165, 1.54) is 11.1 Å². The highest BCUT2D eigenvalue weighted by atomic mass is 16.5. The van der Waals surface area contributed by atoms with E-state index in [0.29, 0.717) is 0 Å². The summed E-state index contributed by atoms with van der Waals surface area (Å²) < 4.78 is 11.9. The van der Waals surface area contributed by atoms with Crippen LogP contribution in [0.25, 0.3) is 0 Å². The van der Waals surface area contributed by atoms with Gasteiger partial charge in [0, 0.05) is 24.2 Å². The second-order valence-electron chi connectivity index (χ2n) is 6.33. The molecule has 2 aromatic rings. The topological polar surface area (TPSA) is 42.5 Å². The standard InChI is InChI=1S/C21H28N2O2/c1-3-10-20-18(8-1)16-22-12-7-13-23-17-19-9-2-4-11-21(19)25-15-6-5-14-24-20/h1-4,8-11,22-23H,5-7,12-17H2. The fraction of sp³-hybridized carbons (Fsp3) is 0.429. The lowest BCUT2D eigenvalue weighted by atomic mass is 10.2. The minimum absolute atomic E-state index is 0.726. The normalized spacial score (nSPS) is 17.3. The number of fused-ring (bicyclic) bond motifs is 2. The minimum Gasteiger partial charge on any atom is -0.493 e. The maximum Gasteiger partial charge on any atom is 0.123 e. The Kier molecular flexibility index (Phi) is 7.16. The quantitative estimate of drug-likeness (QED) is 0.770. The number of hydrogen-bond donors (Lipinski definition) is 2. The van der Waals surface area contributed by atoms with Crippen LogP contribution in [0.4, 0.5) is 0 Å². The molecule has 1 aliphatic heterocycles. The second kappa shape index (κ2) is 10.1. The van der Waals surface area contributed by atoms with Crippen LogP contribution in [0.1, 0.15) is 30.4 Å². The van der Waals surface area contributed by atoms with Gasteiger partial charge in [-0.1, -0.05) is 36.4 Å². The third-order valence-corrected chi connectivity index (χ3v) is 4.34. The molecule has 1 heterocycles. The highest BCUT2D eigenvalue weighted by molar-refractivity contribution is 5.34. The molecule has 0 radical (unpaired) electrons. The van der Waals surface area contributed by atoms with Gasteiger partial charge in [-0.2, -0.15) is 0 Å². The van der Waals surface area contributed by atoms with Crippen molar-refractivity contribution in [3.05, 3.63) is 59.7 Å². The largest absolute Gasteiger partial charge is 0.493 e. The Bertz CT molecular complexity index is 590. The Morgan fingerprint density at radius 3 is 1.60 bits per heavy atom. The van der Waals surface area contributed by atoms with Gasteiger partial charge in [0.1, 0.15) is 11.5 Å². The minimum atomic E-state index is 0.726. The molecular weight excluding hydrogens is 312 g/mol. The predicted octanol–water partition coefficient (Wildman–Crippen LogP) is 3.51. The number of para-hydroxylation sites is 2. The zero-order valence-corrected chi connectivity index (χ0v) is 14.8. The van der Waals surface area contributed by atoms with Crippen LogP contribution in [0.5, 0.6) is 11.5 Å². The Labute approximate surface area is 150 Å². The maximum absolute atomic E-state index is 5.97. The molecule has 0 bridgehead atoms. The van der Waals surface area contributed by atoms with Gasteiger partial charge in [-0.3, -0.25) is 0 Å². The number of hydrogen-bond acceptors (Lipinski definition) is 4. The fourth-order valence-corrected chi connectivity index (χ4v) is 2.93. The van der Waals surface area contributed by atoms with Crippen LogP contribution < -0.4 is 20.1 Å². The van der Waals surface area contributed by atoms with Gasteiger partial charge >= 0.3 is 0 Å². The Hall–Kier alpha value is -2.04. The van der Waals surface area contributed by atoms with Crippen LogP contribution in [0.2, 0.25) is 0 Å². The van der Waals surface area contributed by atoms with Crippen LogP contribution in [-0.4, -0.2) is 26.3 Å². The highest BCUT2D eigenvalue weighted by Gasteiger charge is 2.05. The molecule has 4 nitrogen and oxygen atoms in total. The van der Waals surface area contributed by atoms with Gasteiger partial charge in [-0.15, -0.1) is 0 Å². The Morgan fingerprint density at radius 1 is 0.600 bits per heavy atom. The molecule has 0 unspecified atom stereocenters. The summed E-state index contributed by atoms with van der Waals surface area (Å²) in [5.74, 6) is 1.98. The van der Waals surface area contributed by atoms with Crippen molar-refractivity contribution in [2.75, 3.05) is 26.3 Å². The fourth-order valence-electron chi connectivity index (χ4n) is 2.93. The van der Waals surface area contributed by atoms with E-state index in [0.717, 1.165) is 70.2 Å². The molecule has 0 saturated carbocycles. The van der Waals surface area contributed by atoms with Crippen molar-refractivity contribution in [2.24, 2.45) is 0 Å². The number of nitrogens with one attached hydrogen (secondary N) is 2. The van der Waals surface area contributed by atoms with Crippen LogP contribution in [0, 0.1) is 0 Å². The van der Waals surface area contributed by atoms with Crippen molar-refractivity contribution in [3.63, 3.8) is 0 Å². The smallest absolute Gasteiger partial charge is 0.123 e. The van der Waals surface area contributed by atoms with E-state index >= 15 is 0 Å². The number of rotatable bonds is 0. The van der Waals surface area contributed by atoms with Gasteiger partial charge in [0.25, 0.3) is 0 Å². The summed E-state index contributed by atoms with van der Waals surface area (Å²) in [6, 6.07) is 16.6. The molecule has 0 aromatic heterocycles. The van der Waals surface area contributed by atoms with Crippen molar-refractivity contribution < 1.29 is 9.47 Å². The van der Waals surface area contributed by atoms with E-state index in [4.69, 9.17) is 9.47 Å². The van der Waals surface area contributed by atoms with Gasteiger partial charge in [0.05, 0.1) is 13.2 Å². The molecule has 4 heteroatoms. The molecule has 134 valence electrons. The number of ether oxygens (including phenoxy) is 2. The zero-order chi connectivity index (χ0) is 17.2. The average molecular weight is 340 g/mol. The molecule has 3 rings (SSSR count). The second-order valence-corrected chi connectivity index (χ2v) is 6.33. The number of benzene rings is 2. The van der Waals surface area contributed by atoms with E-state index in [2.05, 4.69) is 47.0 Å². The molecule has 25 heavy (non-hydrogen) atoms. The summed E-state index contributed by atoms with van der Waals surface area (Å²) in [4.78, 5) is 0. The van der Waals surface area contributed by atoms with Crippen LogP contribution in [0.15, 0.2) is 48.5 Å². The summed E-state index contributed by atoms with van der Waals surface area (Å²) in [5.41, 5.74) is 2.45. The van der Waals surface area contributed by atoms with E-state index in [1.54, 1.807) is 0 Å². The van der Waals surface area contributed by atoms with Crippen molar-refractivity contribution in [1.82, 2.24) is 10.6 Å². The third kappa shape index (κ3) is 5.76. The summed E-state index contributed by atoms with van der Waals surface area (Å²) >= 11 is 0. The summed E-state index contributed by atoms with van der Waals surface area (Å²) in [6.07, 6.45) is 3.07. The molecule has 0 aliphatic carbocycles. The first kappa shape index (κ1) is 17.8. The van der Waals surface area contributed by atoms with E-state index < -0.39 is 0 Å². The lowest BCUT2D eigenvalue weighted by molar-refractivity contribution is 0.263. The van der Waals surface area contributed by atoms with Gasteiger partial charge in [-0.25, -0.2) is 0 Å². The highest BCUT2D eigenvalue weighted by Crippen LogP contribution is 2.19.